The number of hydrogen-bond donors (Lipinski definition) is 3. The Morgan fingerprint density at radius 2 is 2.17 bits per heavy atom. The Bertz CT molecular complexity index is 557. The van der Waals surface area contributed by atoms with Crippen LogP contribution in [0.4, 0.5) is 0 Å². The van der Waals surface area contributed by atoms with E-state index in [-0.39, 0.29) is 22.0 Å². The van der Waals surface area contributed by atoms with Gasteiger partial charge in [0.1, 0.15) is 4.90 Å². The van der Waals surface area contributed by atoms with Crippen LogP contribution in [0.15, 0.2) is 23.1 Å². The summed E-state index contributed by atoms with van der Waals surface area (Å²) in [5.74, 6) is -0.516. The predicted molar refractivity (Wildman–Crippen MR) is 66.8 cm³/mol. The molecule has 1 aromatic carbocycles. The molecule has 4 N–H and O–H groups in total. The van der Waals surface area contributed by atoms with Gasteiger partial charge < -0.3 is 10.4 Å². The summed E-state index contributed by atoms with van der Waals surface area (Å²) in [4.78, 5) is 11.3. The highest BCUT2D eigenvalue weighted by Crippen LogP contribution is 2.21. The molecule has 0 aromatic heterocycles. The Kier molecular flexibility index (Phi) is 4.69. The van der Waals surface area contributed by atoms with Gasteiger partial charge in [-0.05, 0) is 25.1 Å². The van der Waals surface area contributed by atoms with E-state index in [1.54, 1.807) is 0 Å². The van der Waals surface area contributed by atoms with Gasteiger partial charge in [-0.15, -0.1) is 0 Å². The van der Waals surface area contributed by atoms with Crippen LogP contribution < -0.4 is 10.5 Å². The lowest BCUT2D eigenvalue weighted by Gasteiger charge is -2.08. The van der Waals surface area contributed by atoms with Crippen LogP contribution in [0.2, 0.25) is 5.02 Å². The molecule has 0 aliphatic carbocycles. The zero-order valence-electron chi connectivity index (χ0n) is 9.55. The largest absolute Gasteiger partial charge is 0.392 e. The summed E-state index contributed by atoms with van der Waals surface area (Å²) in [7, 11) is -3.98. The van der Waals surface area contributed by atoms with E-state index in [0.29, 0.717) is 0 Å². The summed E-state index contributed by atoms with van der Waals surface area (Å²) in [5, 5.41) is 16.4. The first kappa shape index (κ1) is 14.9. The third-order valence-electron chi connectivity index (χ3n) is 2.06. The van der Waals surface area contributed by atoms with Gasteiger partial charge in [0.15, 0.2) is 0 Å². The van der Waals surface area contributed by atoms with Gasteiger partial charge in [-0.1, -0.05) is 11.6 Å². The Balaban J connectivity index is 3.02. The van der Waals surface area contributed by atoms with Crippen molar-refractivity contribution < 1.29 is 18.3 Å². The van der Waals surface area contributed by atoms with Crippen molar-refractivity contribution in [3.63, 3.8) is 0 Å². The number of hydrogen-bond acceptors (Lipinski definition) is 4. The van der Waals surface area contributed by atoms with Crippen LogP contribution in [0.25, 0.3) is 0 Å². The van der Waals surface area contributed by atoms with Crippen molar-refractivity contribution in [1.82, 2.24) is 5.32 Å². The average molecular weight is 293 g/mol. The van der Waals surface area contributed by atoms with Gasteiger partial charge in [-0.3, -0.25) is 4.79 Å². The quantitative estimate of drug-likeness (QED) is 0.731. The van der Waals surface area contributed by atoms with Crippen molar-refractivity contribution in [2.24, 2.45) is 5.14 Å². The van der Waals surface area contributed by atoms with Crippen molar-refractivity contribution in [3.05, 3.63) is 28.8 Å². The topological polar surface area (TPSA) is 109 Å². The number of carbonyl (C=O) groups excluding carboxylic acids is 1. The monoisotopic (exact) mass is 292 g/mol. The van der Waals surface area contributed by atoms with Crippen LogP contribution in [0.5, 0.6) is 0 Å². The van der Waals surface area contributed by atoms with E-state index in [4.69, 9.17) is 21.8 Å². The molecule has 0 heterocycles. The number of nitrogens with two attached hydrogens (primary N) is 1. The Hall–Kier alpha value is -1.15. The fourth-order valence-corrected chi connectivity index (χ4v) is 2.28. The first-order valence-corrected chi connectivity index (χ1v) is 6.93. The maximum absolute atomic E-state index is 11.6. The summed E-state index contributed by atoms with van der Waals surface area (Å²) in [6, 6.07) is 3.74. The molecule has 0 spiro atoms. The number of benzene rings is 1. The molecule has 6 nitrogen and oxygen atoms in total. The van der Waals surface area contributed by atoms with Crippen LogP contribution in [-0.2, 0) is 10.0 Å². The van der Waals surface area contributed by atoms with E-state index < -0.39 is 22.0 Å². The van der Waals surface area contributed by atoms with Crippen molar-refractivity contribution in [3.8, 4) is 0 Å². The van der Waals surface area contributed by atoms with Gasteiger partial charge in [0, 0.05) is 12.1 Å². The average Bonchev–Trinajstić information content (AvgIpc) is 2.24. The second kappa shape index (κ2) is 5.66. The maximum Gasteiger partial charge on any atom is 0.251 e. The Morgan fingerprint density at radius 1 is 1.56 bits per heavy atom. The van der Waals surface area contributed by atoms with E-state index in [0.717, 1.165) is 6.07 Å². The van der Waals surface area contributed by atoms with Crippen LogP contribution in [0.3, 0.4) is 0 Å². The number of carbonyl (C=O) groups is 1. The second-order valence-corrected chi connectivity index (χ2v) is 5.69. The SMILES string of the molecule is CC(O)CNC(=O)c1ccc(Cl)c(S(N)(=O)=O)c1. The number of nitrogens with one attached hydrogen (secondary N) is 1. The zero-order chi connectivity index (χ0) is 13.9. The molecule has 0 radical (unpaired) electrons. The van der Waals surface area contributed by atoms with Crippen LogP contribution in [-0.4, -0.2) is 32.1 Å². The highest BCUT2D eigenvalue weighted by molar-refractivity contribution is 7.89. The van der Waals surface area contributed by atoms with Crippen LogP contribution in [0, 0.1) is 0 Å². The van der Waals surface area contributed by atoms with Crippen molar-refractivity contribution in [2.45, 2.75) is 17.9 Å². The van der Waals surface area contributed by atoms with Gasteiger partial charge >= 0.3 is 0 Å². The first-order chi connectivity index (χ1) is 8.21. The van der Waals surface area contributed by atoms with E-state index in [9.17, 15) is 13.2 Å². The minimum absolute atomic E-state index is 0.0513. The van der Waals surface area contributed by atoms with Gasteiger partial charge in [0.2, 0.25) is 10.0 Å². The third kappa shape index (κ3) is 3.95. The normalized spacial score (nSPS) is 13.1. The molecule has 0 aliphatic rings. The number of sulfonamides is 1. The molecule has 1 rings (SSSR count). The summed E-state index contributed by atoms with van der Waals surface area (Å²) in [6.07, 6.45) is -0.695. The third-order valence-corrected chi connectivity index (χ3v) is 3.45. The van der Waals surface area contributed by atoms with Gasteiger partial charge in [-0.25, -0.2) is 13.6 Å². The lowest BCUT2D eigenvalue weighted by Crippen LogP contribution is -2.30. The fourth-order valence-electron chi connectivity index (χ4n) is 1.21. The molecule has 0 fully saturated rings. The second-order valence-electron chi connectivity index (χ2n) is 3.75. The molecule has 1 atom stereocenters. The highest BCUT2D eigenvalue weighted by atomic mass is 35.5. The first-order valence-electron chi connectivity index (χ1n) is 5.00. The van der Waals surface area contributed by atoms with E-state index in [2.05, 4.69) is 5.32 Å². The molecule has 8 heteroatoms. The lowest BCUT2D eigenvalue weighted by molar-refractivity contribution is 0.0924. The molecular weight excluding hydrogens is 280 g/mol. The molecular formula is C10H13ClN2O4S. The summed E-state index contributed by atoms with van der Waals surface area (Å²) < 4.78 is 22.4. The van der Waals surface area contributed by atoms with Crippen molar-refractivity contribution in [1.29, 1.82) is 0 Å². The lowest BCUT2D eigenvalue weighted by atomic mass is 10.2. The smallest absolute Gasteiger partial charge is 0.251 e. The molecule has 100 valence electrons. The summed E-state index contributed by atoms with van der Waals surface area (Å²) in [6.45, 7) is 1.57. The standard InChI is InChI=1S/C10H13ClN2O4S/c1-6(14)5-13-10(15)7-2-3-8(11)9(4-7)18(12,16)17/h2-4,6,14H,5H2,1H3,(H,13,15)(H2,12,16,17). The number of aliphatic hydroxyl groups excluding tert-OH is 1. The van der Waals surface area contributed by atoms with Gasteiger partial charge in [0.25, 0.3) is 5.91 Å². The maximum atomic E-state index is 11.6. The molecule has 1 amide bonds. The van der Waals surface area contributed by atoms with Crippen LogP contribution >= 0.6 is 11.6 Å². The number of aliphatic hydroxyl groups is 1. The van der Waals surface area contributed by atoms with Crippen LogP contribution in [0.1, 0.15) is 17.3 Å². The van der Waals surface area contributed by atoms with E-state index in [1.165, 1.54) is 19.1 Å². The Morgan fingerprint density at radius 3 is 2.67 bits per heavy atom. The molecule has 0 saturated carbocycles. The molecule has 18 heavy (non-hydrogen) atoms. The van der Waals surface area contributed by atoms with Gasteiger partial charge in [-0.2, -0.15) is 0 Å². The zero-order valence-corrected chi connectivity index (χ0v) is 11.1. The highest BCUT2D eigenvalue weighted by Gasteiger charge is 2.16. The minimum atomic E-state index is -3.98. The number of halogens is 1. The minimum Gasteiger partial charge on any atom is -0.392 e. The van der Waals surface area contributed by atoms with Crippen molar-refractivity contribution >= 4 is 27.5 Å². The summed E-state index contributed by atoms with van der Waals surface area (Å²) >= 11 is 5.68. The number of rotatable bonds is 4. The number of primary sulfonamides is 1. The van der Waals surface area contributed by atoms with Gasteiger partial charge in [0.05, 0.1) is 11.1 Å². The van der Waals surface area contributed by atoms with Crippen molar-refractivity contribution in [2.75, 3.05) is 6.54 Å². The molecule has 0 saturated heterocycles. The summed E-state index contributed by atoms with van der Waals surface area (Å²) in [5.41, 5.74) is 0.101. The molecule has 1 unspecified atom stereocenters. The molecule has 0 bridgehead atoms. The molecule has 1 aromatic rings. The molecule has 0 aliphatic heterocycles. The van der Waals surface area contributed by atoms with E-state index >= 15 is 0 Å². The Labute approximate surface area is 110 Å². The fraction of sp³-hybridized carbons (Fsp3) is 0.300. The predicted octanol–water partition coefficient (Wildman–Crippen LogP) is 0.0980. The van der Waals surface area contributed by atoms with E-state index in [1.807, 2.05) is 0 Å². The number of amides is 1.